The first-order chi connectivity index (χ1) is 18.2. The summed E-state index contributed by atoms with van der Waals surface area (Å²) in [4.78, 5) is 18.5. The van der Waals surface area contributed by atoms with Crippen molar-refractivity contribution in [3.05, 3.63) is 108 Å². The first-order valence-electron chi connectivity index (χ1n) is 12.7. The van der Waals surface area contributed by atoms with Crippen molar-refractivity contribution < 1.29 is 28.6 Å². The van der Waals surface area contributed by atoms with Gasteiger partial charge in [0.05, 0.1) is 45.6 Å². The zero-order valence-corrected chi connectivity index (χ0v) is 21.0. The summed E-state index contributed by atoms with van der Waals surface area (Å²) < 4.78 is 24.2. The smallest absolute Gasteiger partial charge is 0.337 e. The molecule has 2 heterocycles. The Labute approximate surface area is 217 Å². The fourth-order valence-corrected chi connectivity index (χ4v) is 5.03. The Balaban J connectivity index is 1.36. The molecule has 0 spiro atoms. The van der Waals surface area contributed by atoms with E-state index in [0.29, 0.717) is 32.8 Å². The van der Waals surface area contributed by atoms with Crippen LogP contribution in [0.2, 0.25) is 0 Å². The fraction of sp³-hybridized carbons (Fsp3) is 0.367. The highest BCUT2D eigenvalue weighted by molar-refractivity contribution is 5.74. The summed E-state index contributed by atoms with van der Waals surface area (Å²) in [7, 11) is 1.38. The SMILES string of the molecule is COC(=O)C1CC2C(OCc3ccccc3)C(OCc3ccccc3)C(COCc3ccccc3)N2O1. The van der Waals surface area contributed by atoms with Gasteiger partial charge < -0.3 is 18.9 Å². The molecule has 3 aromatic rings. The molecule has 3 aromatic carbocycles. The number of nitrogens with zero attached hydrogens (tertiary/aromatic N) is 1. The van der Waals surface area contributed by atoms with E-state index in [4.69, 9.17) is 23.8 Å². The van der Waals surface area contributed by atoms with E-state index in [1.54, 1.807) is 0 Å². The van der Waals surface area contributed by atoms with E-state index in [2.05, 4.69) is 0 Å². The second-order valence-corrected chi connectivity index (χ2v) is 9.37. The summed E-state index contributed by atoms with van der Waals surface area (Å²) in [6, 6.07) is 29.7. The normalized spacial score (nSPS) is 25.2. The molecule has 0 bridgehead atoms. The molecule has 7 heteroatoms. The van der Waals surface area contributed by atoms with Crippen molar-refractivity contribution >= 4 is 5.97 Å². The van der Waals surface area contributed by atoms with Crippen LogP contribution in [-0.4, -0.2) is 55.1 Å². The van der Waals surface area contributed by atoms with Crippen molar-refractivity contribution in [2.75, 3.05) is 13.7 Å². The lowest BCUT2D eigenvalue weighted by Crippen LogP contribution is -2.43. The van der Waals surface area contributed by atoms with Crippen LogP contribution in [0.5, 0.6) is 0 Å². The molecule has 7 nitrogen and oxygen atoms in total. The lowest BCUT2D eigenvalue weighted by molar-refractivity contribution is -0.207. The van der Waals surface area contributed by atoms with Crippen LogP contribution < -0.4 is 0 Å². The minimum absolute atomic E-state index is 0.168. The molecule has 0 N–H and O–H groups in total. The molecular weight excluding hydrogens is 470 g/mol. The number of carbonyl (C=O) groups excluding carboxylic acids is 1. The number of esters is 1. The minimum atomic E-state index is -0.676. The van der Waals surface area contributed by atoms with Crippen LogP contribution in [0.4, 0.5) is 0 Å². The van der Waals surface area contributed by atoms with Crippen LogP contribution >= 0.6 is 0 Å². The molecule has 0 amide bonds. The van der Waals surface area contributed by atoms with Crippen LogP contribution in [0.1, 0.15) is 23.1 Å². The predicted molar refractivity (Wildman–Crippen MR) is 137 cm³/mol. The van der Waals surface area contributed by atoms with E-state index in [1.807, 2.05) is 96.1 Å². The van der Waals surface area contributed by atoms with Gasteiger partial charge in [0.15, 0.2) is 6.10 Å². The highest BCUT2D eigenvalue weighted by Gasteiger charge is 2.57. The Morgan fingerprint density at radius 1 is 0.784 bits per heavy atom. The average molecular weight is 504 g/mol. The van der Waals surface area contributed by atoms with E-state index in [0.717, 1.165) is 16.7 Å². The number of benzene rings is 3. The molecule has 5 atom stereocenters. The molecule has 2 saturated heterocycles. The molecular formula is C30H33NO6. The molecule has 0 saturated carbocycles. The van der Waals surface area contributed by atoms with Gasteiger partial charge in [0.25, 0.3) is 0 Å². The van der Waals surface area contributed by atoms with Crippen LogP contribution in [-0.2, 0) is 48.4 Å². The highest BCUT2D eigenvalue weighted by Crippen LogP contribution is 2.39. The molecule has 2 fully saturated rings. The third-order valence-electron chi connectivity index (χ3n) is 6.88. The zero-order valence-electron chi connectivity index (χ0n) is 21.0. The van der Waals surface area contributed by atoms with Gasteiger partial charge in [-0.1, -0.05) is 91.0 Å². The van der Waals surface area contributed by atoms with Crippen molar-refractivity contribution in [1.82, 2.24) is 5.06 Å². The van der Waals surface area contributed by atoms with E-state index in [1.165, 1.54) is 7.11 Å². The van der Waals surface area contributed by atoms with Gasteiger partial charge in [-0.15, -0.1) is 0 Å². The number of ether oxygens (including phenoxy) is 4. The molecule has 5 rings (SSSR count). The zero-order chi connectivity index (χ0) is 25.5. The maximum Gasteiger partial charge on any atom is 0.337 e. The van der Waals surface area contributed by atoms with Crippen molar-refractivity contribution in [1.29, 1.82) is 0 Å². The lowest BCUT2D eigenvalue weighted by Gasteiger charge is -2.28. The first-order valence-corrected chi connectivity index (χ1v) is 12.7. The minimum Gasteiger partial charge on any atom is -0.467 e. The Morgan fingerprint density at radius 3 is 1.84 bits per heavy atom. The number of hydrogen-bond donors (Lipinski definition) is 0. The molecule has 2 aliphatic rings. The van der Waals surface area contributed by atoms with Gasteiger partial charge in [-0.2, -0.15) is 5.06 Å². The fourth-order valence-electron chi connectivity index (χ4n) is 5.03. The first kappa shape index (κ1) is 25.6. The second-order valence-electron chi connectivity index (χ2n) is 9.37. The number of rotatable bonds is 11. The van der Waals surface area contributed by atoms with Crippen molar-refractivity contribution in [3.63, 3.8) is 0 Å². The molecule has 0 aromatic heterocycles. The Morgan fingerprint density at radius 2 is 1.30 bits per heavy atom. The van der Waals surface area contributed by atoms with Crippen LogP contribution in [0.15, 0.2) is 91.0 Å². The number of carbonyl (C=O) groups is 1. The number of fused-ring (bicyclic) bond motifs is 1. The molecule has 2 aliphatic heterocycles. The third-order valence-corrected chi connectivity index (χ3v) is 6.88. The molecule has 0 aliphatic carbocycles. The maximum atomic E-state index is 12.4. The summed E-state index contributed by atoms with van der Waals surface area (Å²) in [5, 5.41) is 1.86. The number of hydrogen-bond acceptors (Lipinski definition) is 7. The van der Waals surface area contributed by atoms with Gasteiger partial charge in [-0.3, -0.25) is 4.84 Å². The standard InChI is InChI=1S/C30H33NO6/c1-33-30(32)27-17-25-28(35-19-23-13-7-3-8-14-23)29(36-20-24-15-9-4-10-16-24)26(31(25)37-27)21-34-18-22-11-5-2-6-12-22/h2-16,25-29H,17-21H2,1H3. The van der Waals surface area contributed by atoms with Gasteiger partial charge in [0.2, 0.25) is 0 Å². The Hall–Kier alpha value is -3.07. The summed E-state index contributed by atoms with van der Waals surface area (Å²) in [6.45, 7) is 1.70. The number of hydroxylamine groups is 2. The van der Waals surface area contributed by atoms with Gasteiger partial charge in [0.1, 0.15) is 12.2 Å². The summed E-state index contributed by atoms with van der Waals surface area (Å²) in [5.41, 5.74) is 3.24. The summed E-state index contributed by atoms with van der Waals surface area (Å²) in [5.74, 6) is -0.387. The quantitative estimate of drug-likeness (QED) is 0.362. The summed E-state index contributed by atoms with van der Waals surface area (Å²) in [6.07, 6.45) is -0.844. The van der Waals surface area contributed by atoms with Crippen LogP contribution in [0.25, 0.3) is 0 Å². The molecule has 0 radical (unpaired) electrons. The van der Waals surface area contributed by atoms with E-state index in [9.17, 15) is 4.79 Å². The molecule has 37 heavy (non-hydrogen) atoms. The van der Waals surface area contributed by atoms with E-state index in [-0.39, 0.29) is 30.3 Å². The van der Waals surface area contributed by atoms with Gasteiger partial charge in [-0.25, -0.2) is 4.79 Å². The topological polar surface area (TPSA) is 66.5 Å². The van der Waals surface area contributed by atoms with Crippen LogP contribution in [0, 0.1) is 0 Å². The van der Waals surface area contributed by atoms with Gasteiger partial charge in [-0.05, 0) is 16.7 Å². The maximum absolute atomic E-state index is 12.4. The molecule has 5 unspecified atom stereocenters. The van der Waals surface area contributed by atoms with Crippen molar-refractivity contribution in [2.45, 2.75) is 56.6 Å². The van der Waals surface area contributed by atoms with Crippen LogP contribution in [0.3, 0.4) is 0 Å². The third kappa shape index (κ3) is 6.26. The monoisotopic (exact) mass is 503 g/mol. The molecule has 194 valence electrons. The highest BCUT2D eigenvalue weighted by atomic mass is 16.7. The van der Waals surface area contributed by atoms with Crippen molar-refractivity contribution in [2.24, 2.45) is 0 Å². The predicted octanol–water partition coefficient (Wildman–Crippen LogP) is 4.30. The van der Waals surface area contributed by atoms with Gasteiger partial charge >= 0.3 is 5.97 Å². The second kappa shape index (κ2) is 12.4. The lowest BCUT2D eigenvalue weighted by atomic mass is 10.0. The Bertz CT molecular complexity index is 1110. The van der Waals surface area contributed by atoms with E-state index < -0.39 is 6.10 Å². The van der Waals surface area contributed by atoms with E-state index >= 15 is 0 Å². The Kier molecular flexibility index (Phi) is 8.61. The van der Waals surface area contributed by atoms with Crippen molar-refractivity contribution in [3.8, 4) is 0 Å². The largest absolute Gasteiger partial charge is 0.467 e. The summed E-state index contributed by atoms with van der Waals surface area (Å²) >= 11 is 0. The van der Waals surface area contributed by atoms with Gasteiger partial charge in [0, 0.05) is 6.42 Å². The average Bonchev–Trinajstić information content (AvgIpc) is 3.50. The number of methoxy groups -OCH3 is 1.